The van der Waals surface area contributed by atoms with E-state index in [0.717, 1.165) is 50.2 Å². The third-order valence-electron chi connectivity index (χ3n) is 5.35. The molecule has 0 amide bonds. The molecule has 1 saturated heterocycles. The van der Waals surface area contributed by atoms with E-state index in [-0.39, 0.29) is 0 Å². The summed E-state index contributed by atoms with van der Waals surface area (Å²) in [5.41, 5.74) is 2.11. The fourth-order valence-electron chi connectivity index (χ4n) is 3.68. The number of hydrogen-bond donors (Lipinski definition) is 2. The fraction of sp³-hybridized carbons (Fsp3) is 0.571. The Hall–Kier alpha value is -2.05. The van der Waals surface area contributed by atoms with Crippen molar-refractivity contribution in [3.8, 4) is 0 Å². The first-order chi connectivity index (χ1) is 13.1. The molecule has 6 heteroatoms. The van der Waals surface area contributed by atoms with Gasteiger partial charge in [-0.05, 0) is 18.9 Å². The van der Waals surface area contributed by atoms with E-state index in [1.54, 1.807) is 7.05 Å². The first-order valence-corrected chi connectivity index (χ1v) is 9.83. The number of para-hydroxylation sites is 1. The number of nitrogens with one attached hydrogen (secondary N) is 2. The van der Waals surface area contributed by atoms with E-state index < -0.39 is 0 Å². The van der Waals surface area contributed by atoms with Crippen molar-refractivity contribution in [2.75, 3.05) is 39.9 Å². The Balaban J connectivity index is 1.57. The van der Waals surface area contributed by atoms with Crippen molar-refractivity contribution < 1.29 is 9.15 Å². The molecule has 0 aliphatic carbocycles. The van der Waals surface area contributed by atoms with Crippen molar-refractivity contribution in [1.82, 2.24) is 15.5 Å². The molecule has 0 saturated carbocycles. The van der Waals surface area contributed by atoms with E-state index in [1.165, 1.54) is 10.9 Å². The van der Waals surface area contributed by atoms with E-state index in [4.69, 9.17) is 9.15 Å². The zero-order valence-electron chi connectivity index (χ0n) is 16.9. The molecule has 1 aliphatic heterocycles. The first kappa shape index (κ1) is 19.7. The molecule has 6 nitrogen and oxygen atoms in total. The number of morpholine rings is 1. The SMILES string of the molecule is CN=C(NCc1oc2ccccc2c1C)NCC(C(C)C)N1CCOCC1. The topological polar surface area (TPSA) is 62.0 Å². The van der Waals surface area contributed by atoms with Gasteiger partial charge in [0, 0.05) is 43.7 Å². The molecular formula is C21H32N4O2. The van der Waals surface area contributed by atoms with Crippen molar-refractivity contribution in [3.63, 3.8) is 0 Å². The van der Waals surface area contributed by atoms with Crippen LogP contribution in [-0.4, -0.2) is 56.8 Å². The molecule has 2 heterocycles. The second kappa shape index (κ2) is 9.24. The third-order valence-corrected chi connectivity index (χ3v) is 5.35. The molecule has 0 spiro atoms. The average Bonchev–Trinajstić information content (AvgIpc) is 3.01. The van der Waals surface area contributed by atoms with Gasteiger partial charge in [-0.1, -0.05) is 32.0 Å². The van der Waals surface area contributed by atoms with Crippen molar-refractivity contribution >= 4 is 16.9 Å². The molecule has 2 N–H and O–H groups in total. The summed E-state index contributed by atoms with van der Waals surface area (Å²) < 4.78 is 11.5. The highest BCUT2D eigenvalue weighted by atomic mass is 16.5. The van der Waals surface area contributed by atoms with E-state index in [0.29, 0.717) is 18.5 Å². The van der Waals surface area contributed by atoms with E-state index in [9.17, 15) is 0 Å². The molecule has 27 heavy (non-hydrogen) atoms. The van der Waals surface area contributed by atoms with Gasteiger partial charge in [0.2, 0.25) is 0 Å². The van der Waals surface area contributed by atoms with Crippen molar-refractivity contribution in [2.24, 2.45) is 10.9 Å². The van der Waals surface area contributed by atoms with Crippen LogP contribution >= 0.6 is 0 Å². The molecule has 3 rings (SSSR count). The minimum absolute atomic E-state index is 0.459. The second-order valence-corrected chi connectivity index (χ2v) is 7.41. The lowest BCUT2D eigenvalue weighted by Gasteiger charge is -2.37. The Morgan fingerprint density at radius 1 is 1.19 bits per heavy atom. The van der Waals surface area contributed by atoms with E-state index in [1.807, 2.05) is 18.2 Å². The standard InChI is InChI=1S/C21H32N4O2/c1-15(2)18(25-9-11-26-12-10-25)13-23-21(22-4)24-14-20-16(3)17-7-5-6-8-19(17)27-20/h5-8,15,18H,9-14H2,1-4H3,(H2,22,23,24). The quantitative estimate of drug-likeness (QED) is 0.603. The molecule has 0 bridgehead atoms. The fourth-order valence-corrected chi connectivity index (χ4v) is 3.68. The van der Waals surface area contributed by atoms with Gasteiger partial charge in [0.1, 0.15) is 11.3 Å². The Bertz CT molecular complexity index is 763. The lowest BCUT2D eigenvalue weighted by atomic mass is 10.0. The zero-order chi connectivity index (χ0) is 19.2. The van der Waals surface area contributed by atoms with E-state index >= 15 is 0 Å². The number of nitrogens with zero attached hydrogens (tertiary/aromatic N) is 2. The predicted octanol–water partition coefficient (Wildman–Crippen LogP) is 2.76. The van der Waals surface area contributed by atoms with Crippen LogP contribution < -0.4 is 10.6 Å². The Kier molecular flexibility index (Phi) is 6.74. The summed E-state index contributed by atoms with van der Waals surface area (Å²) in [5, 5.41) is 8.04. The maximum atomic E-state index is 5.99. The van der Waals surface area contributed by atoms with E-state index in [2.05, 4.69) is 47.4 Å². The smallest absolute Gasteiger partial charge is 0.191 e. The van der Waals surface area contributed by atoms with Crippen molar-refractivity contribution in [3.05, 3.63) is 35.6 Å². The van der Waals surface area contributed by atoms with Gasteiger partial charge in [-0.2, -0.15) is 0 Å². The number of rotatable bonds is 6. The lowest BCUT2D eigenvalue weighted by molar-refractivity contribution is 0.00752. The van der Waals surface area contributed by atoms with Crippen LogP contribution in [0.2, 0.25) is 0 Å². The van der Waals surface area contributed by atoms with Gasteiger partial charge < -0.3 is 19.8 Å². The molecular weight excluding hydrogens is 340 g/mol. The van der Waals surface area contributed by atoms with Crippen LogP contribution in [0.1, 0.15) is 25.2 Å². The average molecular weight is 373 g/mol. The van der Waals surface area contributed by atoms with Gasteiger partial charge in [-0.3, -0.25) is 9.89 Å². The van der Waals surface area contributed by atoms with Gasteiger partial charge in [-0.15, -0.1) is 0 Å². The van der Waals surface area contributed by atoms with Crippen molar-refractivity contribution in [2.45, 2.75) is 33.4 Å². The highest BCUT2D eigenvalue weighted by Gasteiger charge is 2.24. The molecule has 1 aromatic carbocycles. The normalized spacial score (nSPS) is 17.4. The third kappa shape index (κ3) is 4.82. The summed E-state index contributed by atoms with van der Waals surface area (Å²) in [7, 11) is 1.81. The number of guanidine groups is 1. The Morgan fingerprint density at radius 2 is 1.93 bits per heavy atom. The van der Waals surface area contributed by atoms with Crippen LogP contribution in [0.3, 0.4) is 0 Å². The molecule has 1 aliphatic rings. The maximum absolute atomic E-state index is 5.99. The minimum Gasteiger partial charge on any atom is -0.459 e. The van der Waals surface area contributed by atoms with Crippen LogP contribution in [0.25, 0.3) is 11.0 Å². The molecule has 2 aromatic rings. The monoisotopic (exact) mass is 372 g/mol. The van der Waals surface area contributed by atoms with Crippen LogP contribution in [0.4, 0.5) is 0 Å². The first-order valence-electron chi connectivity index (χ1n) is 9.83. The predicted molar refractivity (Wildman–Crippen MR) is 110 cm³/mol. The summed E-state index contributed by atoms with van der Waals surface area (Å²) in [6.45, 7) is 11.8. The largest absolute Gasteiger partial charge is 0.459 e. The number of aliphatic imine (C=N–C) groups is 1. The summed E-state index contributed by atoms with van der Waals surface area (Å²) >= 11 is 0. The van der Waals surface area contributed by atoms with Crippen LogP contribution in [-0.2, 0) is 11.3 Å². The summed E-state index contributed by atoms with van der Waals surface area (Å²) in [6.07, 6.45) is 0. The highest BCUT2D eigenvalue weighted by molar-refractivity contribution is 5.82. The number of benzene rings is 1. The Labute approximate surface area is 162 Å². The number of furan rings is 1. The van der Waals surface area contributed by atoms with Crippen LogP contribution in [0.15, 0.2) is 33.7 Å². The molecule has 1 aromatic heterocycles. The Morgan fingerprint density at radius 3 is 2.59 bits per heavy atom. The number of fused-ring (bicyclic) bond motifs is 1. The van der Waals surface area contributed by atoms with Crippen LogP contribution in [0, 0.1) is 12.8 Å². The maximum Gasteiger partial charge on any atom is 0.191 e. The lowest BCUT2D eigenvalue weighted by Crippen LogP contribution is -2.52. The van der Waals surface area contributed by atoms with Crippen molar-refractivity contribution in [1.29, 1.82) is 0 Å². The minimum atomic E-state index is 0.459. The highest BCUT2D eigenvalue weighted by Crippen LogP contribution is 2.24. The summed E-state index contributed by atoms with van der Waals surface area (Å²) in [4.78, 5) is 6.88. The second-order valence-electron chi connectivity index (χ2n) is 7.41. The molecule has 1 fully saturated rings. The number of ether oxygens (including phenoxy) is 1. The molecule has 1 unspecified atom stereocenters. The molecule has 1 atom stereocenters. The molecule has 0 radical (unpaired) electrons. The van der Waals surface area contributed by atoms with Gasteiger partial charge in [0.15, 0.2) is 5.96 Å². The number of hydrogen-bond acceptors (Lipinski definition) is 4. The summed E-state index contributed by atoms with van der Waals surface area (Å²) in [6, 6.07) is 8.61. The zero-order valence-corrected chi connectivity index (χ0v) is 16.9. The van der Waals surface area contributed by atoms with Gasteiger partial charge in [0.05, 0.1) is 19.8 Å². The van der Waals surface area contributed by atoms with Gasteiger partial charge >= 0.3 is 0 Å². The van der Waals surface area contributed by atoms with Gasteiger partial charge in [0.25, 0.3) is 0 Å². The number of aryl methyl sites for hydroxylation is 1. The molecule has 148 valence electrons. The van der Waals surface area contributed by atoms with Gasteiger partial charge in [-0.25, -0.2) is 0 Å². The van der Waals surface area contributed by atoms with Crippen LogP contribution in [0.5, 0.6) is 0 Å². The summed E-state index contributed by atoms with van der Waals surface area (Å²) in [5.74, 6) is 2.31.